The van der Waals surface area contributed by atoms with Gasteiger partial charge in [0.05, 0.1) is 17.1 Å². The van der Waals surface area contributed by atoms with Crippen LogP contribution in [0, 0.1) is 5.92 Å². The topological polar surface area (TPSA) is 64.2 Å². The number of rotatable bonds is 10. The minimum Gasteiger partial charge on any atom is -0.330 e. The Morgan fingerprint density at radius 1 is 1.14 bits per heavy atom. The quantitative estimate of drug-likeness (QED) is 0.384. The lowest BCUT2D eigenvalue weighted by molar-refractivity contribution is -0.130. The molecule has 2 aromatic carbocycles. The van der Waals surface area contributed by atoms with Crippen LogP contribution in [0.5, 0.6) is 0 Å². The number of imidazole rings is 1. The number of benzene rings is 2. The van der Waals surface area contributed by atoms with Gasteiger partial charge in [-0.05, 0) is 54.0 Å². The van der Waals surface area contributed by atoms with Crippen molar-refractivity contribution < 1.29 is 4.79 Å². The van der Waals surface area contributed by atoms with Crippen LogP contribution < -0.4 is 5.73 Å². The highest BCUT2D eigenvalue weighted by Gasteiger charge is 2.33. The number of amides is 1. The number of carbonyl (C=O) groups is 1. The molecule has 6 heteroatoms. The predicted molar refractivity (Wildman–Crippen MR) is 147 cm³/mol. The smallest absolute Gasteiger partial charge is 0.254 e. The summed E-state index contributed by atoms with van der Waals surface area (Å²) in [4.78, 5) is 22.4. The fourth-order valence-electron chi connectivity index (χ4n) is 4.71. The van der Waals surface area contributed by atoms with E-state index in [2.05, 4.69) is 80.0 Å². The zero-order valence-electron chi connectivity index (χ0n) is 21.0. The van der Waals surface area contributed by atoms with Gasteiger partial charge in [-0.15, -0.1) is 11.8 Å². The molecule has 35 heavy (non-hydrogen) atoms. The molecule has 1 aromatic heterocycles. The van der Waals surface area contributed by atoms with E-state index in [4.69, 9.17) is 10.7 Å². The summed E-state index contributed by atoms with van der Waals surface area (Å²) in [5.41, 5.74) is 9.96. The van der Waals surface area contributed by atoms with E-state index in [1.165, 1.54) is 10.5 Å². The minimum atomic E-state index is -0.167. The summed E-state index contributed by atoms with van der Waals surface area (Å²) >= 11 is 1.81. The monoisotopic (exact) mass is 488 g/mol. The number of fused-ring (bicyclic) bond motifs is 1. The number of hydrogen-bond donors (Lipinski definition) is 1. The molecule has 0 saturated carbocycles. The van der Waals surface area contributed by atoms with Crippen molar-refractivity contribution in [1.82, 2.24) is 14.5 Å². The van der Waals surface area contributed by atoms with Crippen LogP contribution >= 0.6 is 11.8 Å². The Bertz CT molecular complexity index is 1210. The van der Waals surface area contributed by atoms with Gasteiger partial charge in [-0.1, -0.05) is 69.3 Å². The molecule has 1 aliphatic heterocycles. The molecule has 0 aliphatic carbocycles. The molecule has 184 valence electrons. The van der Waals surface area contributed by atoms with E-state index in [0.717, 1.165) is 41.0 Å². The minimum absolute atomic E-state index is 0.0710. The van der Waals surface area contributed by atoms with E-state index in [1.54, 1.807) is 0 Å². The van der Waals surface area contributed by atoms with Crippen molar-refractivity contribution in [2.24, 2.45) is 11.7 Å². The molecule has 0 saturated heterocycles. The average Bonchev–Trinajstić information content (AvgIpc) is 3.24. The largest absolute Gasteiger partial charge is 0.330 e. The zero-order valence-corrected chi connectivity index (χ0v) is 21.8. The number of para-hydroxylation sites is 2. The van der Waals surface area contributed by atoms with Crippen LogP contribution in [-0.4, -0.2) is 39.2 Å². The summed E-state index contributed by atoms with van der Waals surface area (Å²) in [6, 6.07) is 18.5. The van der Waals surface area contributed by atoms with Crippen LogP contribution in [0.25, 0.3) is 11.0 Å². The average molecular weight is 489 g/mol. The van der Waals surface area contributed by atoms with E-state index < -0.39 is 0 Å². The molecule has 1 unspecified atom stereocenters. The summed E-state index contributed by atoms with van der Waals surface area (Å²) in [6.45, 7) is 8.35. The lowest BCUT2D eigenvalue weighted by Gasteiger charge is -2.35. The van der Waals surface area contributed by atoms with Crippen molar-refractivity contribution in [2.75, 3.05) is 18.8 Å². The number of carbonyl (C=O) groups excluding carboxylic acids is 1. The van der Waals surface area contributed by atoms with Crippen molar-refractivity contribution >= 4 is 28.7 Å². The number of thioether (sulfide) groups is 1. The highest BCUT2D eigenvalue weighted by atomic mass is 32.2. The molecule has 0 spiro atoms. The maximum Gasteiger partial charge on any atom is 0.254 e. The van der Waals surface area contributed by atoms with Crippen LogP contribution in [0.2, 0.25) is 0 Å². The Morgan fingerprint density at radius 3 is 2.60 bits per heavy atom. The van der Waals surface area contributed by atoms with Gasteiger partial charge in [0, 0.05) is 24.4 Å². The van der Waals surface area contributed by atoms with Crippen LogP contribution in [0.3, 0.4) is 0 Å². The van der Waals surface area contributed by atoms with Gasteiger partial charge in [-0.25, -0.2) is 4.98 Å². The van der Waals surface area contributed by atoms with Gasteiger partial charge in [-0.3, -0.25) is 4.79 Å². The van der Waals surface area contributed by atoms with Crippen molar-refractivity contribution in [3.8, 4) is 0 Å². The summed E-state index contributed by atoms with van der Waals surface area (Å²) < 4.78 is 2.29. The standard InChI is InChI=1S/C29H36N4OS/c1-4-24-19-23(15-18-35-24)29(34)32(17-10-16-30)27(21(2)3)28-31-25-13-8-9-14-26(25)33(28)20-22-11-6-5-7-12-22/h5-9,11-15,19,21,27H,4,10,16-18,20,30H2,1-3H3. The molecule has 0 bridgehead atoms. The first-order valence-electron chi connectivity index (χ1n) is 12.6. The van der Waals surface area contributed by atoms with E-state index in [0.29, 0.717) is 19.6 Å². The number of hydrogen-bond acceptors (Lipinski definition) is 4. The van der Waals surface area contributed by atoms with E-state index in [9.17, 15) is 4.79 Å². The Labute approximate surface area is 213 Å². The van der Waals surface area contributed by atoms with Gasteiger partial charge in [0.1, 0.15) is 5.82 Å². The number of aromatic nitrogens is 2. The van der Waals surface area contributed by atoms with Gasteiger partial charge >= 0.3 is 0 Å². The Balaban J connectivity index is 1.81. The number of nitrogens with zero attached hydrogens (tertiary/aromatic N) is 3. The first-order valence-corrected chi connectivity index (χ1v) is 13.6. The normalized spacial score (nSPS) is 14.7. The molecule has 1 amide bonds. The predicted octanol–water partition coefficient (Wildman–Crippen LogP) is 5.93. The first kappa shape index (κ1) is 25.3. The van der Waals surface area contributed by atoms with Crippen molar-refractivity contribution in [1.29, 1.82) is 0 Å². The Morgan fingerprint density at radius 2 is 1.89 bits per heavy atom. The second-order valence-electron chi connectivity index (χ2n) is 9.29. The third kappa shape index (κ3) is 5.71. The summed E-state index contributed by atoms with van der Waals surface area (Å²) in [7, 11) is 0. The van der Waals surface area contributed by atoms with Gasteiger partial charge in [0.2, 0.25) is 0 Å². The third-order valence-corrected chi connectivity index (χ3v) is 7.56. The highest BCUT2D eigenvalue weighted by Crippen LogP contribution is 2.34. The van der Waals surface area contributed by atoms with Gasteiger partial charge < -0.3 is 15.2 Å². The Hall–Kier alpha value is -2.83. The second kappa shape index (κ2) is 11.7. The van der Waals surface area contributed by atoms with Crippen LogP contribution in [0.15, 0.2) is 77.2 Å². The van der Waals surface area contributed by atoms with Crippen LogP contribution in [-0.2, 0) is 11.3 Å². The fraction of sp³-hybridized carbons (Fsp3) is 0.379. The van der Waals surface area contributed by atoms with Crippen molar-refractivity contribution in [2.45, 2.75) is 46.2 Å². The fourth-order valence-corrected chi connectivity index (χ4v) is 5.60. The zero-order chi connectivity index (χ0) is 24.8. The second-order valence-corrected chi connectivity index (χ2v) is 10.4. The summed E-state index contributed by atoms with van der Waals surface area (Å²) in [5.74, 6) is 2.02. The molecular formula is C29H36N4OS. The molecule has 0 radical (unpaired) electrons. The molecule has 3 aromatic rings. The van der Waals surface area contributed by atoms with Gasteiger partial charge in [0.15, 0.2) is 0 Å². The molecule has 1 aliphatic rings. The maximum absolute atomic E-state index is 14.0. The highest BCUT2D eigenvalue weighted by molar-refractivity contribution is 8.03. The van der Waals surface area contributed by atoms with Crippen molar-refractivity contribution in [3.63, 3.8) is 0 Å². The molecular weight excluding hydrogens is 452 g/mol. The first-order chi connectivity index (χ1) is 17.0. The lowest BCUT2D eigenvalue weighted by Crippen LogP contribution is -2.41. The lowest BCUT2D eigenvalue weighted by atomic mass is 9.99. The third-order valence-electron chi connectivity index (χ3n) is 6.45. The van der Waals surface area contributed by atoms with Crippen LogP contribution in [0.4, 0.5) is 0 Å². The van der Waals surface area contributed by atoms with Gasteiger partial charge in [0.25, 0.3) is 5.91 Å². The molecule has 0 fully saturated rings. The molecule has 2 heterocycles. The summed E-state index contributed by atoms with van der Waals surface area (Å²) in [5, 5.41) is 0. The molecule has 5 nitrogen and oxygen atoms in total. The molecule has 1 atom stereocenters. The summed E-state index contributed by atoms with van der Waals surface area (Å²) in [6.07, 6.45) is 5.82. The molecule has 2 N–H and O–H groups in total. The van der Waals surface area contributed by atoms with Crippen LogP contribution in [0.1, 0.15) is 51.0 Å². The van der Waals surface area contributed by atoms with E-state index in [-0.39, 0.29) is 17.9 Å². The van der Waals surface area contributed by atoms with Gasteiger partial charge in [-0.2, -0.15) is 0 Å². The maximum atomic E-state index is 14.0. The Kier molecular flexibility index (Phi) is 8.47. The number of nitrogens with two attached hydrogens (primary N) is 1. The van der Waals surface area contributed by atoms with Crippen molar-refractivity contribution in [3.05, 3.63) is 88.6 Å². The van der Waals surface area contributed by atoms with E-state index >= 15 is 0 Å². The SMILES string of the molecule is CCC1=CC(C(=O)N(CCCN)C(c2nc3ccccc3n2Cc2ccccc2)C(C)C)=CCS1. The molecule has 4 rings (SSSR count). The number of allylic oxidation sites excluding steroid dienone is 1. The van der Waals surface area contributed by atoms with E-state index in [1.807, 2.05) is 28.8 Å².